The average Bonchev–Trinajstić information content (AvgIpc) is 3.06. The smallest absolute Gasteiger partial charge is 0.429 e. The molecule has 2 unspecified atom stereocenters. The molecule has 0 spiro atoms. The van der Waals surface area contributed by atoms with Gasteiger partial charge in [-0.25, -0.2) is 19.6 Å². The molecule has 1 aliphatic carbocycles. The number of hydrogen-bond acceptors (Lipinski definition) is 4. The number of methoxy groups -OCH3 is 2. The Balaban J connectivity index is 2.27. The predicted octanol–water partition coefficient (Wildman–Crippen LogP) is 3.50. The van der Waals surface area contributed by atoms with Gasteiger partial charge in [0.25, 0.3) is 0 Å². The summed E-state index contributed by atoms with van der Waals surface area (Å²) in [6, 6.07) is -0.239. The van der Waals surface area contributed by atoms with Crippen LogP contribution in [0.1, 0.15) is 39.5 Å². The van der Waals surface area contributed by atoms with E-state index in [0.717, 1.165) is 31.3 Å². The van der Waals surface area contributed by atoms with E-state index in [0.29, 0.717) is 0 Å². The molecule has 2 fully saturated rings. The molecule has 0 aromatic heterocycles. The minimum Gasteiger partial charge on any atom is -0.451 e. The topological polar surface area (TPSA) is 59.1 Å². The quantitative estimate of drug-likeness (QED) is 0.743. The molecule has 0 aromatic rings. The van der Waals surface area contributed by atoms with Crippen molar-refractivity contribution in [3.63, 3.8) is 0 Å². The van der Waals surface area contributed by atoms with E-state index < -0.39 is 12.2 Å². The molecule has 2 amide bonds. The highest BCUT2D eigenvalue weighted by atomic mass is 16.6. The monoisotopic (exact) mass is 322 g/mol. The number of ether oxygens (including phenoxy) is 2. The minimum absolute atomic E-state index is 0.100. The van der Waals surface area contributed by atoms with Crippen LogP contribution in [-0.4, -0.2) is 48.5 Å². The Bertz CT molecular complexity index is 495. The Labute approximate surface area is 137 Å². The molecule has 1 saturated carbocycles. The molecule has 1 saturated heterocycles. The maximum atomic E-state index is 12.1. The third-order valence-corrected chi connectivity index (χ3v) is 4.62. The van der Waals surface area contributed by atoms with Crippen molar-refractivity contribution in [1.29, 1.82) is 0 Å². The lowest BCUT2D eigenvalue weighted by atomic mass is 9.84. The lowest BCUT2D eigenvalue weighted by Gasteiger charge is -2.34. The van der Waals surface area contributed by atoms with Crippen LogP contribution in [0.5, 0.6) is 0 Å². The van der Waals surface area contributed by atoms with Crippen LogP contribution in [0, 0.1) is 5.41 Å². The highest BCUT2D eigenvalue weighted by molar-refractivity contribution is 5.77. The van der Waals surface area contributed by atoms with Gasteiger partial charge in [0.1, 0.15) is 0 Å². The van der Waals surface area contributed by atoms with E-state index in [-0.39, 0.29) is 17.5 Å². The van der Waals surface area contributed by atoms with Gasteiger partial charge in [-0.15, -0.1) is 6.58 Å². The largest absolute Gasteiger partial charge is 0.451 e. The van der Waals surface area contributed by atoms with E-state index in [1.807, 2.05) is 6.08 Å². The summed E-state index contributed by atoms with van der Waals surface area (Å²) in [4.78, 5) is 24.2. The van der Waals surface area contributed by atoms with Crippen LogP contribution < -0.4 is 0 Å². The lowest BCUT2D eigenvalue weighted by molar-refractivity contribution is -0.0300. The maximum Gasteiger partial charge on any atom is 0.429 e. The molecule has 1 heterocycles. The zero-order valence-electron chi connectivity index (χ0n) is 14.4. The fourth-order valence-corrected chi connectivity index (χ4v) is 3.46. The fraction of sp³-hybridized carbons (Fsp3) is 0.647. The van der Waals surface area contributed by atoms with Crippen molar-refractivity contribution in [2.75, 3.05) is 14.2 Å². The summed E-state index contributed by atoms with van der Waals surface area (Å²) in [5.41, 5.74) is 1.21. The predicted molar refractivity (Wildman–Crippen MR) is 86.6 cm³/mol. The number of nitrogens with zero attached hydrogens (tertiary/aromatic N) is 2. The van der Waals surface area contributed by atoms with Crippen LogP contribution in [0.3, 0.4) is 0 Å². The summed E-state index contributed by atoms with van der Waals surface area (Å²) in [5.74, 6) is 0. The zero-order chi connectivity index (χ0) is 17.2. The molecule has 0 aromatic carbocycles. The van der Waals surface area contributed by atoms with E-state index in [9.17, 15) is 9.59 Å². The molecule has 2 aliphatic rings. The number of amides is 2. The SMILES string of the molecule is C=CCC(C)(C)CC=C1C2CCC1N(C(=O)OC)N2C(=O)OC. The standard InChI is InChI=1S/C17H26N2O4/c1-6-10-17(2,3)11-9-12-13-7-8-14(12)19(16(21)23-5)18(13)15(20)22-4/h6,9,13-14H,1,7-8,10-11H2,2-5H3. The third-order valence-electron chi connectivity index (χ3n) is 4.62. The van der Waals surface area contributed by atoms with Crippen LogP contribution in [0.4, 0.5) is 9.59 Å². The van der Waals surface area contributed by atoms with Crippen LogP contribution in [0.25, 0.3) is 0 Å². The summed E-state index contributed by atoms with van der Waals surface area (Å²) >= 11 is 0. The Kier molecular flexibility index (Phi) is 5.02. The minimum atomic E-state index is -0.529. The van der Waals surface area contributed by atoms with Gasteiger partial charge in [-0.3, -0.25) is 0 Å². The van der Waals surface area contributed by atoms with Crippen LogP contribution >= 0.6 is 0 Å². The highest BCUT2D eigenvalue weighted by Crippen LogP contribution is 2.43. The summed E-state index contributed by atoms with van der Waals surface area (Å²) in [6.45, 7) is 8.16. The molecule has 1 aliphatic heterocycles. The Morgan fingerprint density at radius 2 is 1.61 bits per heavy atom. The first-order chi connectivity index (χ1) is 10.9. The van der Waals surface area contributed by atoms with Crippen molar-refractivity contribution in [3.8, 4) is 0 Å². The molecule has 0 N–H and O–H groups in total. The molecular formula is C17H26N2O4. The van der Waals surface area contributed by atoms with Crippen LogP contribution in [0.15, 0.2) is 24.3 Å². The molecule has 0 radical (unpaired) electrons. The Morgan fingerprint density at radius 3 is 2.00 bits per heavy atom. The number of carbonyl (C=O) groups is 2. The molecule has 23 heavy (non-hydrogen) atoms. The zero-order valence-corrected chi connectivity index (χ0v) is 14.4. The normalized spacial score (nSPS) is 23.0. The second kappa shape index (κ2) is 6.64. The van der Waals surface area contributed by atoms with Gasteiger partial charge >= 0.3 is 12.2 Å². The first-order valence-corrected chi connectivity index (χ1v) is 7.91. The van der Waals surface area contributed by atoms with E-state index in [1.165, 1.54) is 24.2 Å². The van der Waals surface area contributed by atoms with Gasteiger partial charge in [-0.2, -0.15) is 0 Å². The van der Waals surface area contributed by atoms with E-state index in [1.54, 1.807) is 0 Å². The van der Waals surface area contributed by atoms with Gasteiger partial charge in [-0.1, -0.05) is 26.0 Å². The van der Waals surface area contributed by atoms with Gasteiger partial charge in [0, 0.05) is 0 Å². The summed E-state index contributed by atoms with van der Waals surface area (Å²) < 4.78 is 9.68. The number of hydrogen-bond donors (Lipinski definition) is 0. The summed E-state index contributed by atoms with van der Waals surface area (Å²) in [7, 11) is 2.64. The number of fused-ring (bicyclic) bond motifs is 2. The van der Waals surface area contributed by atoms with Gasteiger partial charge in [0.15, 0.2) is 0 Å². The van der Waals surface area contributed by atoms with E-state index in [2.05, 4.69) is 26.5 Å². The number of hydrazine groups is 1. The number of rotatable bonds is 4. The second-order valence-electron chi connectivity index (χ2n) is 6.80. The van der Waals surface area contributed by atoms with Crippen molar-refractivity contribution >= 4 is 12.2 Å². The molecule has 128 valence electrons. The molecular weight excluding hydrogens is 296 g/mol. The van der Waals surface area contributed by atoms with E-state index in [4.69, 9.17) is 9.47 Å². The van der Waals surface area contributed by atoms with Crippen molar-refractivity contribution in [2.24, 2.45) is 5.41 Å². The van der Waals surface area contributed by atoms with Gasteiger partial charge in [0.2, 0.25) is 0 Å². The van der Waals surface area contributed by atoms with Gasteiger partial charge < -0.3 is 9.47 Å². The highest BCUT2D eigenvalue weighted by Gasteiger charge is 2.53. The average molecular weight is 322 g/mol. The van der Waals surface area contributed by atoms with Crippen molar-refractivity contribution in [3.05, 3.63) is 24.3 Å². The molecule has 6 heteroatoms. The molecule has 6 nitrogen and oxygen atoms in total. The first-order valence-electron chi connectivity index (χ1n) is 7.91. The van der Waals surface area contributed by atoms with Crippen LogP contribution in [-0.2, 0) is 9.47 Å². The Hall–Kier alpha value is -1.98. The fourth-order valence-electron chi connectivity index (χ4n) is 3.46. The molecule has 2 atom stereocenters. The second-order valence-corrected chi connectivity index (χ2v) is 6.80. The Morgan fingerprint density at radius 1 is 1.13 bits per heavy atom. The molecule has 2 bridgehead atoms. The van der Waals surface area contributed by atoms with Gasteiger partial charge in [-0.05, 0) is 36.7 Å². The van der Waals surface area contributed by atoms with E-state index >= 15 is 0 Å². The molecule has 2 rings (SSSR count). The third kappa shape index (κ3) is 3.21. The lowest BCUT2D eigenvalue weighted by Crippen LogP contribution is -2.53. The number of carbonyl (C=O) groups excluding carboxylic acids is 2. The summed E-state index contributed by atoms with van der Waals surface area (Å²) in [6.07, 6.45) is 6.48. The van der Waals surface area contributed by atoms with Crippen molar-refractivity contribution < 1.29 is 19.1 Å². The van der Waals surface area contributed by atoms with Crippen molar-refractivity contribution in [1.82, 2.24) is 10.0 Å². The maximum absolute atomic E-state index is 12.1. The summed E-state index contributed by atoms with van der Waals surface area (Å²) in [5, 5.41) is 2.79. The first kappa shape index (κ1) is 17.4. The number of allylic oxidation sites excluding steroid dienone is 2. The van der Waals surface area contributed by atoms with Crippen molar-refractivity contribution in [2.45, 2.75) is 51.6 Å². The van der Waals surface area contributed by atoms with Gasteiger partial charge in [0.05, 0.1) is 26.3 Å². The van der Waals surface area contributed by atoms with Crippen LogP contribution in [0.2, 0.25) is 0 Å².